The maximum Gasteiger partial charge on any atom is 0.309 e. The molecule has 0 unspecified atom stereocenters. The SMILES string of the molecule is COc1ccc(CCNC(=O)C(=O)NC[C@H]2OCCN2C(=O)c2ccc3c(c2)OCO3)cc1OC. The number of carbonyl (C=O) groups is 3. The van der Waals surface area contributed by atoms with Gasteiger partial charge in [0, 0.05) is 18.7 Å². The molecule has 0 aliphatic carbocycles. The number of hydrogen-bond acceptors (Lipinski definition) is 8. The number of fused-ring (bicyclic) bond motifs is 1. The lowest BCUT2D eigenvalue weighted by atomic mass is 10.1. The summed E-state index contributed by atoms with van der Waals surface area (Å²) in [6.07, 6.45) is -0.181. The molecule has 186 valence electrons. The van der Waals surface area contributed by atoms with E-state index >= 15 is 0 Å². The smallest absolute Gasteiger partial charge is 0.309 e. The molecule has 11 nitrogen and oxygen atoms in total. The number of hydrogen-bond donors (Lipinski definition) is 2. The third kappa shape index (κ3) is 5.57. The fraction of sp³-hybridized carbons (Fsp3) is 0.375. The number of rotatable bonds is 8. The second-order valence-corrected chi connectivity index (χ2v) is 7.80. The van der Waals surface area contributed by atoms with Gasteiger partial charge in [0.05, 0.1) is 27.4 Å². The van der Waals surface area contributed by atoms with Crippen molar-refractivity contribution in [3.05, 3.63) is 47.5 Å². The lowest BCUT2D eigenvalue weighted by molar-refractivity contribution is -0.139. The second kappa shape index (κ2) is 11.0. The fourth-order valence-corrected chi connectivity index (χ4v) is 3.81. The average Bonchev–Trinajstić information content (AvgIpc) is 3.55. The van der Waals surface area contributed by atoms with Gasteiger partial charge in [-0.3, -0.25) is 14.4 Å². The molecular weight excluding hydrogens is 458 g/mol. The van der Waals surface area contributed by atoms with Gasteiger partial charge < -0.3 is 39.2 Å². The standard InChI is InChI=1S/C24H27N3O8/c1-31-17-5-3-15(11-19(17)32-2)7-8-25-22(28)23(29)26-13-21-27(9-10-33-21)24(30)16-4-6-18-20(12-16)35-14-34-18/h3-6,11-12,21H,7-10,13-14H2,1-2H3,(H,25,28)(H,26,29)/t21-/m1/s1. The van der Waals surface area contributed by atoms with Crippen molar-refractivity contribution in [2.45, 2.75) is 12.6 Å². The minimum atomic E-state index is -0.803. The Labute approximate surface area is 202 Å². The van der Waals surface area contributed by atoms with Crippen molar-refractivity contribution in [1.82, 2.24) is 15.5 Å². The normalized spacial score (nSPS) is 16.1. The monoisotopic (exact) mass is 485 g/mol. The molecule has 3 amide bonds. The minimum absolute atomic E-state index is 0.0157. The summed E-state index contributed by atoms with van der Waals surface area (Å²) in [5, 5.41) is 5.12. The van der Waals surface area contributed by atoms with Crippen LogP contribution in [0.1, 0.15) is 15.9 Å². The van der Waals surface area contributed by atoms with Crippen LogP contribution < -0.4 is 29.6 Å². The van der Waals surface area contributed by atoms with E-state index in [1.807, 2.05) is 12.1 Å². The number of methoxy groups -OCH3 is 2. The quantitative estimate of drug-likeness (QED) is 0.524. The van der Waals surface area contributed by atoms with Crippen LogP contribution in [0.2, 0.25) is 0 Å². The first-order valence-electron chi connectivity index (χ1n) is 11.1. The van der Waals surface area contributed by atoms with E-state index in [-0.39, 0.29) is 25.8 Å². The highest BCUT2D eigenvalue weighted by atomic mass is 16.7. The van der Waals surface area contributed by atoms with Gasteiger partial charge in [0.1, 0.15) is 6.23 Å². The van der Waals surface area contributed by atoms with E-state index < -0.39 is 18.0 Å². The molecule has 0 spiro atoms. The van der Waals surface area contributed by atoms with Crippen LogP contribution >= 0.6 is 0 Å². The molecule has 1 saturated heterocycles. The molecule has 2 heterocycles. The summed E-state index contributed by atoms with van der Waals surface area (Å²) in [6, 6.07) is 10.4. The minimum Gasteiger partial charge on any atom is -0.493 e. The summed E-state index contributed by atoms with van der Waals surface area (Å²) in [5.74, 6) is 0.455. The third-order valence-electron chi connectivity index (χ3n) is 5.66. The highest BCUT2D eigenvalue weighted by Crippen LogP contribution is 2.33. The van der Waals surface area contributed by atoms with E-state index in [1.54, 1.807) is 38.5 Å². The molecule has 0 bridgehead atoms. The number of carbonyl (C=O) groups excluding carboxylic acids is 3. The Morgan fingerprint density at radius 1 is 0.971 bits per heavy atom. The number of benzene rings is 2. The summed E-state index contributed by atoms with van der Waals surface area (Å²) in [4.78, 5) is 38.9. The van der Waals surface area contributed by atoms with Gasteiger partial charge in [-0.05, 0) is 42.3 Å². The molecular formula is C24H27N3O8. The number of amides is 3. The van der Waals surface area contributed by atoms with Gasteiger partial charge in [0.2, 0.25) is 6.79 Å². The number of nitrogens with zero attached hydrogens (tertiary/aromatic N) is 1. The van der Waals surface area contributed by atoms with Gasteiger partial charge in [-0.2, -0.15) is 0 Å². The molecule has 2 aliphatic rings. The summed E-state index contributed by atoms with van der Waals surface area (Å²) in [5.41, 5.74) is 1.34. The molecule has 2 aromatic rings. The summed E-state index contributed by atoms with van der Waals surface area (Å²) >= 11 is 0. The Morgan fingerprint density at radius 3 is 2.54 bits per heavy atom. The van der Waals surface area contributed by atoms with E-state index in [1.165, 1.54) is 4.90 Å². The van der Waals surface area contributed by atoms with Crippen LogP contribution in [0.3, 0.4) is 0 Å². The number of nitrogens with one attached hydrogen (secondary N) is 2. The maximum atomic E-state index is 12.9. The molecule has 2 aromatic carbocycles. The summed E-state index contributed by atoms with van der Waals surface area (Å²) in [6.45, 7) is 1.05. The van der Waals surface area contributed by atoms with Crippen LogP contribution in [0.4, 0.5) is 0 Å². The van der Waals surface area contributed by atoms with Crippen molar-refractivity contribution in [2.24, 2.45) is 0 Å². The Bertz CT molecular complexity index is 1110. The Morgan fingerprint density at radius 2 is 1.74 bits per heavy atom. The maximum absolute atomic E-state index is 12.9. The van der Waals surface area contributed by atoms with Gasteiger partial charge in [0.15, 0.2) is 23.0 Å². The van der Waals surface area contributed by atoms with Crippen LogP contribution in [0.5, 0.6) is 23.0 Å². The molecule has 0 radical (unpaired) electrons. The zero-order valence-corrected chi connectivity index (χ0v) is 19.5. The zero-order chi connectivity index (χ0) is 24.8. The van der Waals surface area contributed by atoms with Crippen LogP contribution in [-0.2, 0) is 20.7 Å². The average molecular weight is 485 g/mol. The zero-order valence-electron chi connectivity index (χ0n) is 19.5. The van der Waals surface area contributed by atoms with Crippen molar-refractivity contribution in [3.63, 3.8) is 0 Å². The topological polar surface area (TPSA) is 125 Å². The molecule has 1 fully saturated rings. The van der Waals surface area contributed by atoms with E-state index in [2.05, 4.69) is 10.6 Å². The van der Waals surface area contributed by atoms with Gasteiger partial charge in [0.25, 0.3) is 5.91 Å². The van der Waals surface area contributed by atoms with E-state index in [0.29, 0.717) is 48.1 Å². The predicted molar refractivity (Wildman–Crippen MR) is 123 cm³/mol. The van der Waals surface area contributed by atoms with Crippen molar-refractivity contribution >= 4 is 17.7 Å². The molecule has 1 atom stereocenters. The van der Waals surface area contributed by atoms with Crippen LogP contribution in [0, 0.1) is 0 Å². The van der Waals surface area contributed by atoms with Gasteiger partial charge >= 0.3 is 11.8 Å². The first-order valence-corrected chi connectivity index (χ1v) is 11.1. The summed E-state index contributed by atoms with van der Waals surface area (Å²) in [7, 11) is 3.10. The Balaban J connectivity index is 1.24. The highest BCUT2D eigenvalue weighted by Gasteiger charge is 2.32. The Hall–Kier alpha value is -3.99. The van der Waals surface area contributed by atoms with Gasteiger partial charge in [-0.1, -0.05) is 6.07 Å². The van der Waals surface area contributed by atoms with Crippen LogP contribution in [0.15, 0.2) is 36.4 Å². The molecule has 0 saturated carbocycles. The third-order valence-corrected chi connectivity index (χ3v) is 5.66. The first kappa shape index (κ1) is 24.1. The molecule has 0 aromatic heterocycles. The molecule has 2 N–H and O–H groups in total. The van der Waals surface area contributed by atoms with E-state index in [0.717, 1.165) is 5.56 Å². The number of ether oxygens (including phenoxy) is 5. The molecule has 35 heavy (non-hydrogen) atoms. The predicted octanol–water partition coefficient (Wildman–Crippen LogP) is 0.706. The van der Waals surface area contributed by atoms with Gasteiger partial charge in [-0.25, -0.2) is 0 Å². The summed E-state index contributed by atoms with van der Waals surface area (Å²) < 4.78 is 26.7. The highest BCUT2D eigenvalue weighted by molar-refractivity contribution is 6.35. The van der Waals surface area contributed by atoms with E-state index in [9.17, 15) is 14.4 Å². The lowest BCUT2D eigenvalue weighted by Crippen LogP contribution is -2.47. The Kier molecular flexibility index (Phi) is 7.56. The largest absolute Gasteiger partial charge is 0.493 e. The van der Waals surface area contributed by atoms with E-state index in [4.69, 9.17) is 23.7 Å². The van der Waals surface area contributed by atoms with Gasteiger partial charge in [-0.15, -0.1) is 0 Å². The lowest BCUT2D eigenvalue weighted by Gasteiger charge is -2.23. The van der Waals surface area contributed by atoms with Crippen LogP contribution in [0.25, 0.3) is 0 Å². The molecule has 11 heteroatoms. The van der Waals surface area contributed by atoms with Crippen molar-refractivity contribution in [3.8, 4) is 23.0 Å². The van der Waals surface area contributed by atoms with Crippen molar-refractivity contribution in [1.29, 1.82) is 0 Å². The second-order valence-electron chi connectivity index (χ2n) is 7.80. The molecule has 2 aliphatic heterocycles. The van der Waals surface area contributed by atoms with Crippen LogP contribution in [-0.4, -0.2) is 76.1 Å². The fourth-order valence-electron chi connectivity index (χ4n) is 3.81. The van der Waals surface area contributed by atoms with Crippen molar-refractivity contribution < 1.29 is 38.1 Å². The molecule has 4 rings (SSSR count). The first-order chi connectivity index (χ1) is 17.0. The van der Waals surface area contributed by atoms with Crippen molar-refractivity contribution in [2.75, 3.05) is 47.3 Å².